The van der Waals surface area contributed by atoms with Crippen LogP contribution in [-0.4, -0.2) is 22.4 Å². The van der Waals surface area contributed by atoms with Gasteiger partial charge in [-0.1, -0.05) is 34.6 Å². The Bertz CT molecular complexity index is 352. The third kappa shape index (κ3) is 3.49. The standard InChI is InChI=1S/C13H25N3S/c1-8(2)10(9(3)14-7)11-15-12(16-17-11)13(4,5)6/h8-10,14H,1-7H3. The van der Waals surface area contributed by atoms with Gasteiger partial charge in [0.1, 0.15) is 10.8 Å². The van der Waals surface area contributed by atoms with Gasteiger partial charge in [0, 0.05) is 17.4 Å². The summed E-state index contributed by atoms with van der Waals surface area (Å²) in [7, 11) is 2.01. The Kier molecular flexibility index (Phi) is 4.67. The van der Waals surface area contributed by atoms with Crippen molar-refractivity contribution in [2.45, 2.75) is 58.9 Å². The van der Waals surface area contributed by atoms with Crippen LogP contribution in [0.25, 0.3) is 0 Å². The highest BCUT2D eigenvalue weighted by atomic mass is 32.1. The Morgan fingerprint density at radius 3 is 2.12 bits per heavy atom. The minimum absolute atomic E-state index is 0.0408. The molecule has 1 rings (SSSR count). The van der Waals surface area contributed by atoms with Crippen LogP contribution < -0.4 is 5.32 Å². The predicted molar refractivity (Wildman–Crippen MR) is 74.7 cm³/mol. The van der Waals surface area contributed by atoms with E-state index in [1.54, 1.807) is 11.5 Å². The van der Waals surface area contributed by atoms with E-state index in [1.165, 1.54) is 0 Å². The second-order valence-electron chi connectivity index (χ2n) is 6.05. The highest BCUT2D eigenvalue weighted by Crippen LogP contribution is 2.31. The average molecular weight is 255 g/mol. The average Bonchev–Trinajstić information content (AvgIpc) is 2.65. The van der Waals surface area contributed by atoms with Crippen LogP contribution in [0.4, 0.5) is 0 Å². The molecule has 1 N–H and O–H groups in total. The fourth-order valence-corrected chi connectivity index (χ4v) is 3.15. The van der Waals surface area contributed by atoms with Crippen LogP contribution in [0.1, 0.15) is 58.3 Å². The van der Waals surface area contributed by atoms with Crippen molar-refractivity contribution in [2.24, 2.45) is 5.92 Å². The molecule has 0 aliphatic heterocycles. The maximum absolute atomic E-state index is 4.74. The van der Waals surface area contributed by atoms with E-state index in [9.17, 15) is 0 Å². The van der Waals surface area contributed by atoms with E-state index < -0.39 is 0 Å². The largest absolute Gasteiger partial charge is 0.317 e. The molecule has 0 aliphatic rings. The van der Waals surface area contributed by atoms with Gasteiger partial charge in [-0.25, -0.2) is 4.98 Å². The van der Waals surface area contributed by atoms with Gasteiger partial charge in [0.05, 0.1) is 0 Å². The number of rotatable bonds is 4. The number of likely N-dealkylation sites (N-methyl/N-ethyl adjacent to an activating group) is 1. The molecule has 2 atom stereocenters. The van der Waals surface area contributed by atoms with Crippen LogP contribution in [0.3, 0.4) is 0 Å². The van der Waals surface area contributed by atoms with Gasteiger partial charge in [-0.15, -0.1) is 0 Å². The topological polar surface area (TPSA) is 37.8 Å². The van der Waals surface area contributed by atoms with E-state index in [0.29, 0.717) is 17.9 Å². The zero-order valence-electron chi connectivity index (χ0n) is 12.0. The lowest BCUT2D eigenvalue weighted by Crippen LogP contribution is -2.32. The number of aromatic nitrogens is 2. The zero-order valence-corrected chi connectivity index (χ0v) is 12.9. The lowest BCUT2D eigenvalue weighted by molar-refractivity contribution is 0.392. The van der Waals surface area contributed by atoms with E-state index in [0.717, 1.165) is 10.8 Å². The highest BCUT2D eigenvalue weighted by Gasteiger charge is 2.27. The Hall–Kier alpha value is -0.480. The van der Waals surface area contributed by atoms with E-state index in [4.69, 9.17) is 4.98 Å². The predicted octanol–water partition coefficient (Wildman–Crippen LogP) is 3.18. The van der Waals surface area contributed by atoms with Crippen LogP contribution in [-0.2, 0) is 5.41 Å². The summed E-state index contributed by atoms with van der Waals surface area (Å²) in [4.78, 5) is 4.74. The SMILES string of the molecule is CNC(C)C(c1nc(C(C)(C)C)ns1)C(C)C. The summed E-state index contributed by atoms with van der Waals surface area (Å²) in [6.07, 6.45) is 0. The lowest BCUT2D eigenvalue weighted by atomic mass is 9.89. The Balaban J connectivity index is 3.00. The molecule has 0 bridgehead atoms. The first-order valence-electron chi connectivity index (χ1n) is 6.28. The molecule has 4 heteroatoms. The minimum atomic E-state index is 0.0408. The van der Waals surface area contributed by atoms with Gasteiger partial charge in [0.25, 0.3) is 0 Å². The van der Waals surface area contributed by atoms with Crippen LogP contribution in [0.5, 0.6) is 0 Å². The summed E-state index contributed by atoms with van der Waals surface area (Å²) in [5.41, 5.74) is 0.0408. The highest BCUT2D eigenvalue weighted by molar-refractivity contribution is 7.05. The molecule has 17 heavy (non-hydrogen) atoms. The maximum atomic E-state index is 4.74. The maximum Gasteiger partial charge on any atom is 0.147 e. The Labute approximate surface area is 109 Å². The monoisotopic (exact) mass is 255 g/mol. The summed E-state index contributed by atoms with van der Waals surface area (Å²) in [5.74, 6) is 1.97. The molecule has 0 amide bonds. The number of nitrogens with one attached hydrogen (secondary N) is 1. The molecule has 0 aromatic carbocycles. The Morgan fingerprint density at radius 2 is 1.76 bits per heavy atom. The van der Waals surface area contributed by atoms with Gasteiger partial charge < -0.3 is 5.32 Å². The number of hydrogen-bond acceptors (Lipinski definition) is 4. The quantitative estimate of drug-likeness (QED) is 0.898. The fraction of sp³-hybridized carbons (Fsp3) is 0.846. The second kappa shape index (κ2) is 5.44. The fourth-order valence-electron chi connectivity index (χ4n) is 1.93. The first-order chi connectivity index (χ1) is 7.77. The van der Waals surface area contributed by atoms with Gasteiger partial charge in [0.2, 0.25) is 0 Å². The van der Waals surface area contributed by atoms with Crippen molar-refractivity contribution < 1.29 is 0 Å². The molecule has 0 spiro atoms. The molecule has 1 aromatic rings. The van der Waals surface area contributed by atoms with Crippen molar-refractivity contribution >= 4 is 11.5 Å². The van der Waals surface area contributed by atoms with Gasteiger partial charge in [-0.3, -0.25) is 0 Å². The minimum Gasteiger partial charge on any atom is -0.317 e. The molecule has 0 saturated heterocycles. The second-order valence-corrected chi connectivity index (χ2v) is 6.84. The summed E-state index contributed by atoms with van der Waals surface area (Å²) in [5, 5.41) is 4.49. The normalized spacial score (nSPS) is 16.2. The van der Waals surface area contributed by atoms with Crippen molar-refractivity contribution in [1.29, 1.82) is 0 Å². The van der Waals surface area contributed by atoms with E-state index in [2.05, 4.69) is 51.2 Å². The van der Waals surface area contributed by atoms with Gasteiger partial charge in [-0.2, -0.15) is 4.37 Å². The third-order valence-corrected chi connectivity index (χ3v) is 3.92. The summed E-state index contributed by atoms with van der Waals surface area (Å²) in [6, 6.07) is 0.427. The van der Waals surface area contributed by atoms with Crippen LogP contribution in [0.2, 0.25) is 0 Å². The van der Waals surface area contributed by atoms with Crippen LogP contribution in [0, 0.1) is 5.92 Å². The molecule has 98 valence electrons. The molecule has 1 aromatic heterocycles. The molecule has 0 aliphatic carbocycles. The molecule has 0 saturated carbocycles. The van der Waals surface area contributed by atoms with Gasteiger partial charge >= 0.3 is 0 Å². The number of nitrogens with zero attached hydrogens (tertiary/aromatic N) is 2. The van der Waals surface area contributed by atoms with E-state index in [-0.39, 0.29) is 5.41 Å². The molecule has 2 unspecified atom stereocenters. The molecule has 3 nitrogen and oxygen atoms in total. The van der Waals surface area contributed by atoms with Crippen molar-refractivity contribution in [3.63, 3.8) is 0 Å². The first kappa shape index (κ1) is 14.6. The smallest absolute Gasteiger partial charge is 0.147 e. The molecular weight excluding hydrogens is 230 g/mol. The van der Waals surface area contributed by atoms with Crippen molar-refractivity contribution in [2.75, 3.05) is 7.05 Å². The summed E-state index contributed by atoms with van der Waals surface area (Å²) < 4.78 is 4.51. The summed E-state index contributed by atoms with van der Waals surface area (Å²) in [6.45, 7) is 13.2. The molecule has 0 fully saturated rings. The van der Waals surface area contributed by atoms with E-state index >= 15 is 0 Å². The molecule has 0 radical (unpaired) electrons. The van der Waals surface area contributed by atoms with Crippen LogP contribution in [0.15, 0.2) is 0 Å². The third-order valence-electron chi connectivity index (χ3n) is 3.11. The Morgan fingerprint density at radius 1 is 1.18 bits per heavy atom. The van der Waals surface area contributed by atoms with E-state index in [1.807, 2.05) is 7.05 Å². The zero-order chi connectivity index (χ0) is 13.2. The molecular formula is C13H25N3S. The van der Waals surface area contributed by atoms with Crippen molar-refractivity contribution in [3.8, 4) is 0 Å². The van der Waals surface area contributed by atoms with Gasteiger partial charge in [-0.05, 0) is 31.4 Å². The van der Waals surface area contributed by atoms with Gasteiger partial charge in [0.15, 0.2) is 0 Å². The first-order valence-corrected chi connectivity index (χ1v) is 7.06. The summed E-state index contributed by atoms with van der Waals surface area (Å²) >= 11 is 1.56. The lowest BCUT2D eigenvalue weighted by Gasteiger charge is -2.24. The van der Waals surface area contributed by atoms with Crippen molar-refractivity contribution in [3.05, 3.63) is 10.8 Å². The van der Waals surface area contributed by atoms with Crippen LogP contribution >= 0.6 is 11.5 Å². The number of hydrogen-bond donors (Lipinski definition) is 1. The van der Waals surface area contributed by atoms with Crippen molar-refractivity contribution in [1.82, 2.24) is 14.7 Å². The molecule has 1 heterocycles.